The Kier molecular flexibility index (Phi) is 55.2. The predicted molar refractivity (Wildman–Crippen MR) is 473 cm³/mol. The molecule has 0 aliphatic carbocycles. The Bertz CT molecular complexity index is 4080. The molecule has 2 N–H and O–H groups in total. The van der Waals surface area contributed by atoms with Gasteiger partial charge in [-0.25, -0.2) is 9.13 Å². The number of aliphatic hydroxyl groups is 1. The smallest absolute Gasteiger partial charge is 0.462 e. The Balaban J connectivity index is 0.916. The summed E-state index contributed by atoms with van der Waals surface area (Å²) in [5.41, 5.74) is 4.25. The number of nitriles is 1. The highest BCUT2D eigenvalue weighted by Gasteiger charge is 2.56. The third-order valence-corrected chi connectivity index (χ3v) is 21.5. The molecule has 37 heteroatoms. The first-order valence-corrected chi connectivity index (χ1v) is 47.0. The second kappa shape index (κ2) is 67.3. The molecule has 7 aromatic carbocycles. The molecule has 2 aliphatic heterocycles. The zero-order valence-electron chi connectivity index (χ0n) is 73.5. The molecule has 718 valence electrons. The van der Waals surface area contributed by atoms with Crippen LogP contribution in [0.1, 0.15) is 28.7 Å². The van der Waals surface area contributed by atoms with Crippen molar-refractivity contribution < 1.29 is 155 Å². The number of phosphoric ester groups is 2. The molecule has 7 aromatic rings. The third-order valence-electron chi connectivity index (χ3n) is 18.8. The summed E-state index contributed by atoms with van der Waals surface area (Å²) in [7, 11) is -10.7. The summed E-state index contributed by atoms with van der Waals surface area (Å²) in [5.74, 6) is 0.362. The van der Waals surface area contributed by atoms with Crippen LogP contribution < -0.4 is 14.0 Å². The van der Waals surface area contributed by atoms with E-state index < -0.39 is 96.9 Å². The fourth-order valence-electron chi connectivity index (χ4n) is 12.6. The van der Waals surface area contributed by atoms with Crippen molar-refractivity contribution in [2.45, 2.75) is 94.3 Å². The zero-order chi connectivity index (χ0) is 90.9. The lowest BCUT2D eigenvalue weighted by atomic mass is 9.98. The maximum Gasteiger partial charge on any atom is 0.527 e. The Morgan fingerprint density at radius 3 is 0.908 bits per heavy atom. The molecule has 0 saturated carbocycles. The Morgan fingerprint density at radius 2 is 0.592 bits per heavy atom. The third kappa shape index (κ3) is 44.9. The molecule has 0 spiro atoms. The number of para-hydroxylation sites is 3. The van der Waals surface area contributed by atoms with Crippen molar-refractivity contribution in [3.05, 3.63) is 234 Å². The van der Waals surface area contributed by atoms with E-state index in [4.69, 9.17) is 148 Å². The van der Waals surface area contributed by atoms with Crippen molar-refractivity contribution in [3.63, 3.8) is 0 Å². The summed E-state index contributed by atoms with van der Waals surface area (Å²) >= 11 is 6.55. The highest BCUT2D eigenvalue weighted by atomic mass is 35.5. The number of hydrogen-bond acceptors (Lipinski definition) is 33. The molecule has 2 saturated heterocycles. The van der Waals surface area contributed by atoms with E-state index in [9.17, 15) is 19.8 Å². The molecule has 0 amide bonds. The first-order chi connectivity index (χ1) is 64.0. The summed E-state index contributed by atoms with van der Waals surface area (Å²) < 4.78 is 208. The van der Waals surface area contributed by atoms with Crippen LogP contribution in [0.2, 0.25) is 5.02 Å². The van der Waals surface area contributed by atoms with Gasteiger partial charge in [0.05, 0.1) is 275 Å². The molecule has 2 heterocycles. The van der Waals surface area contributed by atoms with Gasteiger partial charge in [-0.1, -0.05) is 181 Å². The van der Waals surface area contributed by atoms with Crippen LogP contribution in [-0.2, 0) is 158 Å². The van der Waals surface area contributed by atoms with E-state index >= 15 is 4.57 Å². The maximum absolute atomic E-state index is 16.2. The van der Waals surface area contributed by atoms with Gasteiger partial charge in [0.15, 0.2) is 0 Å². The molecule has 0 bridgehead atoms. The van der Waals surface area contributed by atoms with Gasteiger partial charge < -0.3 is 123 Å². The summed E-state index contributed by atoms with van der Waals surface area (Å²) in [4.78, 5) is 12.0. The second-order valence-corrected chi connectivity index (χ2v) is 31.9. The van der Waals surface area contributed by atoms with E-state index in [0.29, 0.717) is 118 Å². The quantitative estimate of drug-likeness (QED) is 0.0264. The van der Waals surface area contributed by atoms with Gasteiger partial charge >= 0.3 is 15.6 Å². The minimum Gasteiger partial charge on any atom is -0.462 e. The number of halogens is 1. The van der Waals surface area contributed by atoms with Crippen molar-refractivity contribution in [1.82, 2.24) is 0 Å². The van der Waals surface area contributed by atoms with Crippen LogP contribution in [0, 0.1) is 11.3 Å². The Hall–Kier alpha value is -6.94. The number of phosphoric acid groups is 2. The van der Waals surface area contributed by atoms with Crippen LogP contribution in [0.25, 0.3) is 0 Å². The summed E-state index contributed by atoms with van der Waals surface area (Å²) in [6.45, 7) is 5.59. The van der Waals surface area contributed by atoms with E-state index in [-0.39, 0.29) is 148 Å². The fraction of sp³-hybridized carbons (Fsp3) is 0.538. The van der Waals surface area contributed by atoms with Gasteiger partial charge in [-0.15, -0.1) is 0 Å². The molecular weight excluding hydrogens is 1760 g/mol. The van der Waals surface area contributed by atoms with Crippen molar-refractivity contribution in [3.8, 4) is 23.3 Å². The lowest BCUT2D eigenvalue weighted by molar-refractivity contribution is -0.298. The van der Waals surface area contributed by atoms with Crippen LogP contribution >= 0.6 is 27.2 Å². The number of nitrogens with zero attached hydrogens (tertiary/aromatic N) is 1. The van der Waals surface area contributed by atoms with E-state index in [1.165, 1.54) is 18.2 Å². The van der Waals surface area contributed by atoms with Gasteiger partial charge in [-0.3, -0.25) is 23.0 Å². The predicted octanol–water partition coefficient (Wildman–Crippen LogP) is 11.9. The molecule has 0 radical (unpaired) electrons. The highest BCUT2D eigenvalue weighted by molar-refractivity contribution is 7.48. The number of rotatable bonds is 77. The molecule has 12 atom stereocenters. The Morgan fingerprint density at radius 1 is 0.315 bits per heavy atom. The van der Waals surface area contributed by atoms with Crippen LogP contribution in [0.15, 0.2) is 206 Å². The lowest BCUT2D eigenvalue weighted by Gasteiger charge is -2.46. The van der Waals surface area contributed by atoms with Gasteiger partial charge in [-0.2, -0.15) is 5.26 Å². The van der Waals surface area contributed by atoms with E-state index in [1.807, 2.05) is 127 Å². The SMILES string of the molecule is N#CCCOP(=O)(OC[C@H]1O[C@@H](Oc2ccccc2)[C@H](OCCOCCOCCOCCOCc2ccccc2)[C@@H](OCCOCCOCCOCCOCc2ccccc2)[C@@H]1OP(=O)(O)Oc1ccccc1Cl)O[C@H]1[C@H](OCCOCCOCCOCCOCc2ccccc2)[C@@H](OCCOCCOCCOCCOCc2ccccc2)[C@H](Oc2ccccc2)O[C@@H]1CO. The van der Waals surface area contributed by atoms with Crippen molar-refractivity contribution in [2.24, 2.45) is 0 Å². The Labute approximate surface area is 766 Å². The summed E-state index contributed by atoms with van der Waals surface area (Å²) in [6.07, 6.45) is -15.6. The molecule has 130 heavy (non-hydrogen) atoms. The number of hydrogen-bond donors (Lipinski definition) is 2. The minimum atomic E-state index is -5.42. The van der Waals surface area contributed by atoms with Gasteiger partial charge in [0.1, 0.15) is 66.1 Å². The average molecular weight is 1880 g/mol. The van der Waals surface area contributed by atoms with Gasteiger partial charge in [0, 0.05) is 0 Å². The lowest BCUT2D eigenvalue weighted by Crippen LogP contribution is -2.63. The van der Waals surface area contributed by atoms with Gasteiger partial charge in [0.25, 0.3) is 0 Å². The number of ether oxygens (including phenoxy) is 24. The van der Waals surface area contributed by atoms with Gasteiger partial charge in [0.2, 0.25) is 12.6 Å². The van der Waals surface area contributed by atoms with E-state index in [0.717, 1.165) is 22.3 Å². The first kappa shape index (κ1) is 107. The number of aliphatic hydroxyl groups excluding tert-OH is 1. The molecule has 9 rings (SSSR count). The fourth-order valence-corrected chi connectivity index (χ4v) is 15.2. The zero-order valence-corrected chi connectivity index (χ0v) is 76.0. The highest BCUT2D eigenvalue weighted by Crippen LogP contribution is 2.55. The van der Waals surface area contributed by atoms with Crippen LogP contribution in [0.4, 0.5) is 0 Å². The molecular formula is C93H126ClNO33P2. The first-order valence-electron chi connectivity index (χ1n) is 43.7. The average Bonchev–Trinajstić information content (AvgIpc) is 0.774. The number of benzene rings is 7. The van der Waals surface area contributed by atoms with Crippen LogP contribution in [0.5, 0.6) is 17.2 Å². The maximum atomic E-state index is 16.2. The molecule has 34 nitrogen and oxygen atoms in total. The standard InChI is InChI=1S/C93H126ClNO33P2/c94-82-34-19-20-35-83(82)126-129(97,98)127-87-85(125-93(123-81-32-17-6-18-33-81)91(119-69-65-111-53-49-103-41-45-107-57-61-115-74-79-28-13-4-14-29-79)89(87)117-67-63-109-51-47-101-39-43-105-55-59-113-72-77-24-9-2-10-25-77)75-121-130(99,120-37-21-36-95)128-86-84(70-96)124-92(122-80-30-15-5-16-31-80)90(118-68-64-110-52-48-102-40-44-106-56-60-114-73-78-26-11-3-12-27-78)88(86)116-66-62-108-50-46-100-38-42-104-54-58-112-71-76-22-7-1-8-23-76/h1-20,22-35,84-93,96H,21,37-75H2,(H,97,98)/t84-,85-,86-,87-,88+,89+,90-,91-,92-,93-,130?/m1/s1. The van der Waals surface area contributed by atoms with E-state index in [1.54, 1.807) is 66.7 Å². The summed E-state index contributed by atoms with van der Waals surface area (Å²) in [5, 5.41) is 21.4. The van der Waals surface area contributed by atoms with Crippen molar-refractivity contribution >= 4 is 27.2 Å². The largest absolute Gasteiger partial charge is 0.527 e. The molecule has 0 aromatic heterocycles. The van der Waals surface area contributed by atoms with Crippen molar-refractivity contribution in [1.29, 1.82) is 5.26 Å². The van der Waals surface area contributed by atoms with Crippen molar-refractivity contribution in [2.75, 3.05) is 231 Å². The van der Waals surface area contributed by atoms with Crippen LogP contribution in [0.3, 0.4) is 0 Å². The van der Waals surface area contributed by atoms with E-state index in [2.05, 4.69) is 0 Å². The summed E-state index contributed by atoms with van der Waals surface area (Å²) in [6, 6.07) is 64.4. The second-order valence-electron chi connectivity index (χ2n) is 28.6. The van der Waals surface area contributed by atoms with Gasteiger partial charge in [-0.05, 0) is 58.7 Å². The molecule has 2 fully saturated rings. The van der Waals surface area contributed by atoms with Crippen LogP contribution in [-0.4, -0.2) is 303 Å². The normalized spacial score (nSPS) is 19.6. The monoisotopic (exact) mass is 1880 g/mol. The molecule has 2 aliphatic rings. The minimum absolute atomic E-state index is 0.00449. The molecule has 2 unspecified atom stereocenters. The topological polar surface area (TPSA) is 366 Å².